The molecule has 0 bridgehead atoms. The van der Waals surface area contributed by atoms with E-state index in [0.717, 1.165) is 38.4 Å². The molecule has 1 aliphatic rings. The van der Waals surface area contributed by atoms with Crippen LogP contribution < -0.4 is 5.73 Å². The Bertz CT molecular complexity index is 386. The lowest BCUT2D eigenvalue weighted by atomic mass is 9.94. The second-order valence-corrected chi connectivity index (χ2v) is 5.54. The molecule has 0 unspecified atom stereocenters. The Balaban J connectivity index is 1.95. The quantitative estimate of drug-likeness (QED) is 0.831. The number of hydrogen-bond acceptors (Lipinski definition) is 5. The van der Waals surface area contributed by atoms with Crippen molar-refractivity contribution >= 4 is 0 Å². The molecule has 1 saturated heterocycles. The van der Waals surface area contributed by atoms with Gasteiger partial charge in [0.2, 0.25) is 0 Å². The summed E-state index contributed by atoms with van der Waals surface area (Å²) in [5.41, 5.74) is 5.62. The Labute approximate surface area is 114 Å². The predicted molar refractivity (Wildman–Crippen MR) is 71.5 cm³/mol. The Morgan fingerprint density at radius 2 is 2.21 bits per heavy atom. The average molecular weight is 268 g/mol. The predicted octanol–water partition coefficient (Wildman–Crippen LogP) is 0.959. The maximum Gasteiger partial charge on any atom is 0.152 e. The minimum absolute atomic E-state index is 0.257. The van der Waals surface area contributed by atoms with Crippen LogP contribution in [0.5, 0.6) is 0 Å². The molecule has 0 saturated carbocycles. The van der Waals surface area contributed by atoms with E-state index in [1.807, 2.05) is 4.68 Å². The molecule has 2 heterocycles. The number of hydrogen-bond donors (Lipinski definition) is 1. The van der Waals surface area contributed by atoms with E-state index in [0.29, 0.717) is 19.1 Å². The van der Waals surface area contributed by atoms with Gasteiger partial charge in [-0.05, 0) is 5.92 Å². The van der Waals surface area contributed by atoms with E-state index in [9.17, 15) is 0 Å². The van der Waals surface area contributed by atoms with Crippen molar-refractivity contribution in [2.24, 2.45) is 11.7 Å². The van der Waals surface area contributed by atoms with Gasteiger partial charge in [-0.2, -0.15) is 5.10 Å². The van der Waals surface area contributed by atoms with E-state index in [2.05, 4.69) is 23.9 Å². The highest BCUT2D eigenvalue weighted by Gasteiger charge is 2.32. The summed E-state index contributed by atoms with van der Waals surface area (Å²) in [6.45, 7) is 7.60. The Hall–Kier alpha value is -0.980. The van der Waals surface area contributed by atoms with Gasteiger partial charge in [-0.25, -0.2) is 9.67 Å². The van der Waals surface area contributed by atoms with Crippen LogP contribution in [-0.4, -0.2) is 40.1 Å². The maximum atomic E-state index is 6.06. The van der Waals surface area contributed by atoms with Gasteiger partial charge in [0.1, 0.15) is 12.9 Å². The lowest BCUT2D eigenvalue weighted by Crippen LogP contribution is -2.45. The van der Waals surface area contributed by atoms with Crippen LogP contribution in [-0.2, 0) is 22.6 Å². The largest absolute Gasteiger partial charge is 0.381 e. The van der Waals surface area contributed by atoms with E-state index in [4.69, 9.17) is 15.2 Å². The third-order valence-electron chi connectivity index (χ3n) is 3.52. The van der Waals surface area contributed by atoms with Gasteiger partial charge in [0.25, 0.3) is 0 Å². The normalized spacial score (nSPS) is 18.9. The summed E-state index contributed by atoms with van der Waals surface area (Å²) in [6.07, 6.45) is 3.28. The van der Waals surface area contributed by atoms with Gasteiger partial charge in [-0.15, -0.1) is 0 Å². The molecule has 0 amide bonds. The third-order valence-corrected chi connectivity index (χ3v) is 3.52. The molecule has 1 aliphatic heterocycles. The fourth-order valence-corrected chi connectivity index (χ4v) is 2.27. The van der Waals surface area contributed by atoms with Crippen LogP contribution in [0.3, 0.4) is 0 Å². The monoisotopic (exact) mass is 268 g/mol. The molecule has 0 atom stereocenters. The average Bonchev–Trinajstić information content (AvgIpc) is 2.84. The number of nitrogens with zero attached hydrogens (tertiary/aromatic N) is 3. The third kappa shape index (κ3) is 3.75. The van der Waals surface area contributed by atoms with Gasteiger partial charge in [0, 0.05) is 39.1 Å². The smallest absolute Gasteiger partial charge is 0.152 e. The Morgan fingerprint density at radius 1 is 1.47 bits per heavy atom. The van der Waals surface area contributed by atoms with Gasteiger partial charge >= 0.3 is 0 Å². The van der Waals surface area contributed by atoms with Crippen molar-refractivity contribution in [1.82, 2.24) is 14.8 Å². The maximum absolute atomic E-state index is 6.06. The Kier molecular flexibility index (Phi) is 4.90. The lowest BCUT2D eigenvalue weighted by molar-refractivity contribution is -0.114. The molecule has 2 N–H and O–H groups in total. The molecule has 108 valence electrons. The van der Waals surface area contributed by atoms with Gasteiger partial charge < -0.3 is 15.2 Å². The zero-order valence-corrected chi connectivity index (χ0v) is 11.8. The number of rotatable bonds is 6. The zero-order chi connectivity index (χ0) is 13.7. The first-order chi connectivity index (χ1) is 9.15. The van der Waals surface area contributed by atoms with Crippen LogP contribution >= 0.6 is 0 Å². The van der Waals surface area contributed by atoms with Gasteiger partial charge in [-0.3, -0.25) is 0 Å². The van der Waals surface area contributed by atoms with Crippen LogP contribution in [0, 0.1) is 5.92 Å². The van der Waals surface area contributed by atoms with Crippen molar-refractivity contribution in [3.8, 4) is 0 Å². The molecule has 0 aliphatic carbocycles. The van der Waals surface area contributed by atoms with E-state index < -0.39 is 0 Å². The first kappa shape index (κ1) is 14.4. The molecule has 1 fully saturated rings. The minimum Gasteiger partial charge on any atom is -0.381 e. The second-order valence-electron chi connectivity index (χ2n) is 5.54. The first-order valence-electron chi connectivity index (χ1n) is 6.94. The second kappa shape index (κ2) is 6.45. The van der Waals surface area contributed by atoms with Crippen LogP contribution in [0.25, 0.3) is 0 Å². The first-order valence-corrected chi connectivity index (χ1v) is 6.94. The molecular formula is C13H24N4O2. The van der Waals surface area contributed by atoms with Crippen molar-refractivity contribution in [1.29, 1.82) is 0 Å². The summed E-state index contributed by atoms with van der Waals surface area (Å²) in [6, 6.07) is 0. The fourth-order valence-electron chi connectivity index (χ4n) is 2.27. The molecule has 1 aromatic rings. The zero-order valence-electron chi connectivity index (χ0n) is 11.8. The van der Waals surface area contributed by atoms with Crippen molar-refractivity contribution < 1.29 is 9.47 Å². The number of nitrogens with two attached hydrogens (primary N) is 1. The highest BCUT2D eigenvalue weighted by Crippen LogP contribution is 2.25. The van der Waals surface area contributed by atoms with E-state index in [1.54, 1.807) is 6.33 Å². The molecular weight excluding hydrogens is 244 g/mol. The van der Waals surface area contributed by atoms with Gasteiger partial charge in [0.15, 0.2) is 5.82 Å². The van der Waals surface area contributed by atoms with E-state index in [1.165, 1.54) is 0 Å². The molecule has 1 aromatic heterocycles. The molecule has 0 spiro atoms. The molecule has 2 rings (SSSR count). The molecule has 19 heavy (non-hydrogen) atoms. The molecule has 6 nitrogen and oxygen atoms in total. The summed E-state index contributed by atoms with van der Waals surface area (Å²) in [7, 11) is 0. The van der Waals surface area contributed by atoms with E-state index in [-0.39, 0.29) is 5.60 Å². The Morgan fingerprint density at radius 3 is 2.84 bits per heavy atom. The highest BCUT2D eigenvalue weighted by molar-refractivity contribution is 4.88. The van der Waals surface area contributed by atoms with Crippen LogP contribution in [0.1, 0.15) is 32.5 Å². The topological polar surface area (TPSA) is 75.2 Å². The van der Waals surface area contributed by atoms with Crippen molar-refractivity contribution in [3.63, 3.8) is 0 Å². The van der Waals surface area contributed by atoms with Crippen molar-refractivity contribution in [3.05, 3.63) is 12.2 Å². The summed E-state index contributed by atoms with van der Waals surface area (Å²) in [4.78, 5) is 4.27. The minimum atomic E-state index is -0.257. The number of aromatic nitrogens is 3. The summed E-state index contributed by atoms with van der Waals surface area (Å²) in [5, 5.41) is 4.24. The molecule has 6 heteroatoms. The summed E-state index contributed by atoms with van der Waals surface area (Å²) in [5.74, 6) is 1.40. The SMILES string of the molecule is CC(C)Cn1ncnc1COC1(CN)CCOCC1. The fraction of sp³-hybridized carbons (Fsp3) is 0.846. The molecule has 0 aromatic carbocycles. The summed E-state index contributed by atoms with van der Waals surface area (Å²) < 4.78 is 13.3. The van der Waals surface area contributed by atoms with Crippen LogP contribution in [0.2, 0.25) is 0 Å². The van der Waals surface area contributed by atoms with Crippen molar-refractivity contribution in [2.75, 3.05) is 19.8 Å². The van der Waals surface area contributed by atoms with Gasteiger partial charge in [-0.1, -0.05) is 13.8 Å². The lowest BCUT2D eigenvalue weighted by Gasteiger charge is -2.35. The van der Waals surface area contributed by atoms with Gasteiger partial charge in [0.05, 0.1) is 5.60 Å². The summed E-state index contributed by atoms with van der Waals surface area (Å²) >= 11 is 0. The van der Waals surface area contributed by atoms with Crippen LogP contribution in [0.15, 0.2) is 6.33 Å². The van der Waals surface area contributed by atoms with Crippen LogP contribution in [0.4, 0.5) is 0 Å². The standard InChI is InChI=1S/C13H24N4O2/c1-11(2)7-17-12(15-10-16-17)8-19-13(9-14)3-5-18-6-4-13/h10-11H,3-9,14H2,1-2H3. The number of ether oxygens (including phenoxy) is 2. The highest BCUT2D eigenvalue weighted by atomic mass is 16.5. The van der Waals surface area contributed by atoms with Crippen molar-refractivity contribution in [2.45, 2.75) is 45.4 Å². The van der Waals surface area contributed by atoms with E-state index >= 15 is 0 Å². The molecule has 0 radical (unpaired) electrons.